The Labute approximate surface area is 269 Å². The van der Waals surface area contributed by atoms with Crippen LogP contribution in [0.2, 0.25) is 0 Å². The van der Waals surface area contributed by atoms with Crippen molar-refractivity contribution in [1.29, 1.82) is 0 Å². The highest BCUT2D eigenvalue weighted by atomic mass is 16.2. The number of nitrogens with one attached hydrogen (secondary N) is 2. The summed E-state index contributed by atoms with van der Waals surface area (Å²) >= 11 is 0. The Morgan fingerprint density at radius 1 is 0.909 bits per heavy atom. The molecule has 2 saturated heterocycles. The minimum Gasteiger partial charge on any atom is -0.354 e. The van der Waals surface area contributed by atoms with Gasteiger partial charge in [0.2, 0.25) is 24.1 Å². The number of unbranched alkanes of at least 4 members (excludes halogenated alkanes) is 3. The van der Waals surface area contributed by atoms with Gasteiger partial charge in [0.25, 0.3) is 0 Å². The second-order valence-electron chi connectivity index (χ2n) is 13.5. The number of likely N-dealkylation sites (N-methyl/N-ethyl adjacent to an activating group) is 1. The summed E-state index contributed by atoms with van der Waals surface area (Å²) in [6, 6.07) is 0.0410. The average Bonchev–Trinajstić information content (AvgIpc) is 3.48. The zero-order valence-corrected chi connectivity index (χ0v) is 29.9. The standard InChI is InChI=1S/C23H40N4O4.C8H17N.C4H10/c1-6-7-8-9-12-25-22(30)19-11-10-13-27(19)23(31)18(4)14-20(17(2)3)26(5)21(29)15-24-16-28;1-8(2)9-6-4-3-5-7-9;1-4(2)3/h14,16-17,19-20H,6-13,15H2,1-5H3,(H,24,28)(H,25,30);8H,3-7H2,1-2H3;4H,1-3H3/b18-14+;;/t19-,20+;;/m0../s1. The molecule has 2 atom stereocenters. The first-order valence-corrected chi connectivity index (χ1v) is 17.2. The molecule has 0 aromatic rings. The number of nitrogens with zero attached hydrogens (tertiary/aromatic N) is 3. The minimum atomic E-state index is -0.435. The van der Waals surface area contributed by atoms with Crippen LogP contribution < -0.4 is 10.6 Å². The molecule has 2 fully saturated rings. The van der Waals surface area contributed by atoms with Gasteiger partial charge in [-0.25, -0.2) is 0 Å². The molecule has 44 heavy (non-hydrogen) atoms. The third-order valence-electron chi connectivity index (χ3n) is 7.89. The summed E-state index contributed by atoms with van der Waals surface area (Å²) in [5.41, 5.74) is 0.518. The molecule has 0 spiro atoms. The maximum Gasteiger partial charge on any atom is 0.249 e. The Bertz CT molecular complexity index is 849. The fraction of sp³-hybridized carbons (Fsp3) is 0.829. The zero-order valence-electron chi connectivity index (χ0n) is 29.9. The lowest BCUT2D eigenvalue weighted by Crippen LogP contribution is -2.47. The number of piperidine rings is 1. The van der Waals surface area contributed by atoms with Crippen LogP contribution >= 0.6 is 0 Å². The maximum atomic E-state index is 13.1. The van der Waals surface area contributed by atoms with Crippen molar-refractivity contribution >= 4 is 24.1 Å². The van der Waals surface area contributed by atoms with Gasteiger partial charge in [0.15, 0.2) is 0 Å². The molecule has 256 valence electrons. The molecule has 0 aliphatic carbocycles. The van der Waals surface area contributed by atoms with Crippen LogP contribution in [-0.4, -0.2) is 96.7 Å². The molecule has 2 N–H and O–H groups in total. The largest absolute Gasteiger partial charge is 0.354 e. The number of likely N-dealkylation sites (tertiary alicyclic amines) is 2. The van der Waals surface area contributed by atoms with Crippen molar-refractivity contribution in [2.24, 2.45) is 11.8 Å². The number of carbonyl (C=O) groups is 4. The minimum absolute atomic E-state index is 0.0775. The molecule has 0 saturated carbocycles. The zero-order chi connectivity index (χ0) is 33.7. The summed E-state index contributed by atoms with van der Waals surface area (Å²) in [6.45, 7) is 22.7. The van der Waals surface area contributed by atoms with Gasteiger partial charge in [-0.3, -0.25) is 19.2 Å². The summed E-state index contributed by atoms with van der Waals surface area (Å²) < 4.78 is 0. The van der Waals surface area contributed by atoms with Gasteiger partial charge in [0.05, 0.1) is 12.6 Å². The van der Waals surface area contributed by atoms with E-state index in [1.54, 1.807) is 29.8 Å². The number of rotatable bonds is 14. The Morgan fingerprint density at radius 3 is 2.02 bits per heavy atom. The Hall–Kier alpha value is -2.42. The van der Waals surface area contributed by atoms with E-state index >= 15 is 0 Å². The van der Waals surface area contributed by atoms with Crippen molar-refractivity contribution in [1.82, 2.24) is 25.3 Å². The van der Waals surface area contributed by atoms with Crippen LogP contribution in [0.5, 0.6) is 0 Å². The molecular weight excluding hydrogens is 554 g/mol. The number of carbonyl (C=O) groups excluding carboxylic acids is 4. The first-order chi connectivity index (χ1) is 20.8. The molecule has 9 heteroatoms. The topological polar surface area (TPSA) is 102 Å². The predicted octanol–water partition coefficient (Wildman–Crippen LogP) is 5.39. The molecule has 2 rings (SSSR count). The average molecular weight is 622 g/mol. The number of hydrogen-bond acceptors (Lipinski definition) is 5. The van der Waals surface area contributed by atoms with E-state index in [4.69, 9.17) is 0 Å². The van der Waals surface area contributed by atoms with Gasteiger partial charge in [-0.2, -0.15) is 0 Å². The van der Waals surface area contributed by atoms with Gasteiger partial charge >= 0.3 is 0 Å². The van der Waals surface area contributed by atoms with Gasteiger partial charge in [-0.1, -0.05) is 73.3 Å². The molecule has 2 aliphatic heterocycles. The molecule has 2 heterocycles. The van der Waals surface area contributed by atoms with Gasteiger partial charge in [0.1, 0.15) is 6.04 Å². The van der Waals surface area contributed by atoms with Crippen molar-refractivity contribution in [3.05, 3.63) is 11.6 Å². The Morgan fingerprint density at radius 2 is 1.52 bits per heavy atom. The molecule has 2 aliphatic rings. The maximum absolute atomic E-state index is 13.1. The Kier molecular flexibility index (Phi) is 22.6. The lowest BCUT2D eigenvalue weighted by Gasteiger charge is -2.30. The van der Waals surface area contributed by atoms with Gasteiger partial charge < -0.3 is 25.3 Å². The van der Waals surface area contributed by atoms with Crippen molar-refractivity contribution < 1.29 is 19.2 Å². The van der Waals surface area contributed by atoms with E-state index in [1.165, 1.54) is 32.4 Å². The van der Waals surface area contributed by atoms with Crippen LogP contribution in [0, 0.1) is 11.8 Å². The second kappa shape index (κ2) is 23.9. The highest BCUT2D eigenvalue weighted by Crippen LogP contribution is 2.22. The molecule has 0 aromatic carbocycles. The second-order valence-corrected chi connectivity index (χ2v) is 13.5. The molecule has 9 nitrogen and oxygen atoms in total. The van der Waals surface area contributed by atoms with E-state index < -0.39 is 6.04 Å². The van der Waals surface area contributed by atoms with Gasteiger partial charge in [0, 0.05) is 31.8 Å². The van der Waals surface area contributed by atoms with E-state index in [0.29, 0.717) is 31.5 Å². The van der Waals surface area contributed by atoms with Crippen LogP contribution in [0.1, 0.15) is 120 Å². The Balaban J connectivity index is 0.00000117. The van der Waals surface area contributed by atoms with E-state index in [0.717, 1.165) is 44.1 Å². The summed E-state index contributed by atoms with van der Waals surface area (Å²) in [7, 11) is 1.67. The van der Waals surface area contributed by atoms with Crippen LogP contribution in [0.3, 0.4) is 0 Å². The quantitative estimate of drug-likeness (QED) is 0.154. The molecule has 0 bridgehead atoms. The third-order valence-corrected chi connectivity index (χ3v) is 7.89. The SMILES string of the molecule is CC(C)C.CC(C)N1CCCCC1.CCCCCCNC(=O)[C@@H]1CCCN1C(=O)/C(C)=C/[C@H](C(C)C)N(C)C(=O)CNC=O. The normalized spacial score (nSPS) is 17.8. The lowest BCUT2D eigenvalue weighted by atomic mass is 9.99. The third kappa shape index (κ3) is 17.2. The van der Waals surface area contributed by atoms with Crippen molar-refractivity contribution in [2.45, 2.75) is 138 Å². The van der Waals surface area contributed by atoms with Crippen molar-refractivity contribution in [2.75, 3.05) is 39.8 Å². The molecular formula is C35H67N5O4. The van der Waals surface area contributed by atoms with Crippen LogP contribution in [0.4, 0.5) is 0 Å². The fourth-order valence-corrected chi connectivity index (χ4v) is 5.32. The summed E-state index contributed by atoms with van der Waals surface area (Å²) in [6.07, 6.45) is 12.4. The predicted molar refractivity (Wildman–Crippen MR) is 182 cm³/mol. The van der Waals surface area contributed by atoms with E-state index in [2.05, 4.69) is 57.1 Å². The van der Waals surface area contributed by atoms with E-state index in [1.807, 2.05) is 13.8 Å². The van der Waals surface area contributed by atoms with Crippen LogP contribution in [0.25, 0.3) is 0 Å². The highest BCUT2D eigenvalue weighted by molar-refractivity contribution is 5.97. The van der Waals surface area contributed by atoms with Gasteiger partial charge in [-0.15, -0.1) is 0 Å². The van der Waals surface area contributed by atoms with Crippen LogP contribution in [0.15, 0.2) is 11.6 Å². The van der Waals surface area contributed by atoms with Gasteiger partial charge in [-0.05, 0) is 77.8 Å². The van der Waals surface area contributed by atoms with Crippen LogP contribution in [-0.2, 0) is 19.2 Å². The number of amides is 4. The summed E-state index contributed by atoms with van der Waals surface area (Å²) in [5.74, 6) is 0.432. The molecule has 0 unspecified atom stereocenters. The summed E-state index contributed by atoms with van der Waals surface area (Å²) in [4.78, 5) is 54.3. The van der Waals surface area contributed by atoms with Crippen molar-refractivity contribution in [3.63, 3.8) is 0 Å². The number of hydrogen-bond donors (Lipinski definition) is 2. The lowest BCUT2D eigenvalue weighted by molar-refractivity contribution is -0.135. The highest BCUT2D eigenvalue weighted by Gasteiger charge is 2.34. The van der Waals surface area contributed by atoms with E-state index in [9.17, 15) is 19.2 Å². The smallest absolute Gasteiger partial charge is 0.249 e. The van der Waals surface area contributed by atoms with E-state index in [-0.39, 0.29) is 36.2 Å². The monoisotopic (exact) mass is 622 g/mol. The molecule has 0 radical (unpaired) electrons. The molecule has 4 amide bonds. The molecule has 0 aromatic heterocycles. The first-order valence-electron chi connectivity index (χ1n) is 17.2. The first kappa shape index (κ1) is 41.6. The van der Waals surface area contributed by atoms with Crippen molar-refractivity contribution in [3.8, 4) is 0 Å². The fourth-order valence-electron chi connectivity index (χ4n) is 5.32. The summed E-state index contributed by atoms with van der Waals surface area (Å²) in [5, 5.41) is 5.36.